The van der Waals surface area contributed by atoms with Gasteiger partial charge in [-0.2, -0.15) is 10.1 Å². The Labute approximate surface area is 159 Å². The van der Waals surface area contributed by atoms with Gasteiger partial charge in [0.15, 0.2) is 12.1 Å². The fourth-order valence-corrected chi connectivity index (χ4v) is 2.54. The molecule has 10 nitrogen and oxygen atoms in total. The van der Waals surface area contributed by atoms with Crippen molar-refractivity contribution >= 4 is 35.7 Å². The Morgan fingerprint density at radius 1 is 1.63 bits per heavy atom. The Morgan fingerprint density at radius 3 is 2.93 bits per heavy atom. The quantitative estimate of drug-likeness (QED) is 0.317. The van der Waals surface area contributed by atoms with Crippen molar-refractivity contribution in [1.29, 1.82) is 5.41 Å². The number of nitrogens with one attached hydrogen (secondary N) is 2. The van der Waals surface area contributed by atoms with E-state index in [9.17, 15) is 14.0 Å². The van der Waals surface area contributed by atoms with E-state index in [4.69, 9.17) is 26.5 Å². The number of aromatic nitrogens is 3. The van der Waals surface area contributed by atoms with Gasteiger partial charge >= 0.3 is 12.0 Å². The van der Waals surface area contributed by atoms with Crippen LogP contribution in [0.4, 0.5) is 9.18 Å². The molecular weight excluding hydrogens is 383 g/mol. The van der Waals surface area contributed by atoms with Gasteiger partial charge in [0.1, 0.15) is 31.0 Å². The number of esters is 1. The molecule has 148 valence electrons. The van der Waals surface area contributed by atoms with Gasteiger partial charge in [-0.15, -0.1) is 11.6 Å². The van der Waals surface area contributed by atoms with Gasteiger partial charge in [-0.3, -0.25) is 4.79 Å². The summed E-state index contributed by atoms with van der Waals surface area (Å²) >= 11 is 5.90. The van der Waals surface area contributed by atoms with Crippen molar-refractivity contribution < 1.29 is 23.5 Å². The summed E-state index contributed by atoms with van der Waals surface area (Å²) in [5, 5.41) is 13.3. The van der Waals surface area contributed by atoms with Crippen LogP contribution < -0.4 is 5.32 Å². The van der Waals surface area contributed by atoms with Gasteiger partial charge in [0.25, 0.3) is 0 Å². The molecule has 12 heteroatoms. The summed E-state index contributed by atoms with van der Waals surface area (Å²) in [6, 6.07) is -0.929. The lowest BCUT2D eigenvalue weighted by molar-refractivity contribution is -0.157. The molecular formula is C15H20ClFN6O4. The predicted molar refractivity (Wildman–Crippen MR) is 93.8 cm³/mol. The summed E-state index contributed by atoms with van der Waals surface area (Å²) < 4.78 is 26.1. The molecule has 0 spiro atoms. The van der Waals surface area contributed by atoms with Crippen LogP contribution in [0, 0.1) is 11.3 Å². The number of urea groups is 1. The van der Waals surface area contributed by atoms with E-state index in [2.05, 4.69) is 20.4 Å². The lowest BCUT2D eigenvalue weighted by atomic mass is 10.0. The number of alkyl halides is 2. The molecule has 2 N–H and O–H groups in total. The summed E-state index contributed by atoms with van der Waals surface area (Å²) in [7, 11) is 0. The largest absolute Gasteiger partial charge is 0.462 e. The van der Waals surface area contributed by atoms with E-state index in [-0.39, 0.29) is 30.7 Å². The first-order valence-electron chi connectivity index (χ1n) is 8.09. The molecule has 1 saturated heterocycles. The molecule has 2 heterocycles. The van der Waals surface area contributed by atoms with Gasteiger partial charge in [0.05, 0.1) is 18.0 Å². The molecule has 1 aromatic rings. The summed E-state index contributed by atoms with van der Waals surface area (Å²) in [4.78, 5) is 31.0. The molecule has 2 amide bonds. The summed E-state index contributed by atoms with van der Waals surface area (Å²) in [6.45, 7) is 3.11. The topological polar surface area (TPSA) is 132 Å². The number of rotatable bonds is 6. The van der Waals surface area contributed by atoms with Gasteiger partial charge in [-0.05, 0) is 0 Å². The maximum absolute atomic E-state index is 14.3. The summed E-state index contributed by atoms with van der Waals surface area (Å²) in [5.74, 6) is -1.05. The van der Waals surface area contributed by atoms with Crippen molar-refractivity contribution in [1.82, 2.24) is 20.1 Å². The van der Waals surface area contributed by atoms with E-state index in [1.54, 1.807) is 13.8 Å². The molecule has 1 aliphatic rings. The third-order valence-electron chi connectivity index (χ3n) is 3.73. The number of carbonyl (C=O) groups is 2. The van der Waals surface area contributed by atoms with Crippen LogP contribution in [0.5, 0.6) is 0 Å². The lowest BCUT2D eigenvalue weighted by Gasteiger charge is -2.26. The molecule has 0 aliphatic carbocycles. The molecule has 2 rings (SSSR count). The Bertz CT molecular complexity index is 713. The molecule has 1 fully saturated rings. The number of ether oxygens (including phenoxy) is 2. The highest BCUT2D eigenvalue weighted by Crippen LogP contribution is 2.33. The first-order chi connectivity index (χ1) is 12.8. The molecule has 27 heavy (non-hydrogen) atoms. The zero-order chi connectivity index (χ0) is 20.0. The molecule has 0 radical (unpaired) electrons. The normalized spacial score (nSPS) is 25.4. The SMILES string of the molecule is CC(C)C(=O)OC[C@]1(CCl)C[C@@H](F)[C@H](NC(=O)N=C(C=N)n2cncn2)O1. The minimum Gasteiger partial charge on any atom is -0.462 e. The standard InChI is InChI=1S/C15H20ClFN6O4/c1-9(2)13(24)26-6-15(5-16)3-10(17)12(27-15)22-14(25)21-11(4-18)23-8-19-7-20-23/h4,7-10,12,18H,3,5-6H2,1-2H3,(H,22,25)/t10-,12-,15-/m1/s1. The predicted octanol–water partition coefficient (Wildman–Crippen LogP) is 1.15. The van der Waals surface area contributed by atoms with Gasteiger partial charge in [-0.25, -0.2) is 18.9 Å². The zero-order valence-electron chi connectivity index (χ0n) is 14.8. The lowest BCUT2D eigenvalue weighted by Crippen LogP contribution is -2.43. The van der Waals surface area contributed by atoms with E-state index in [0.29, 0.717) is 0 Å². The van der Waals surface area contributed by atoms with Crippen LogP contribution in [0.1, 0.15) is 20.3 Å². The summed E-state index contributed by atoms with van der Waals surface area (Å²) in [5.41, 5.74) is -1.25. The number of halogens is 2. The fourth-order valence-electron chi connectivity index (χ4n) is 2.29. The number of hydrogen-bond acceptors (Lipinski definition) is 7. The van der Waals surface area contributed by atoms with Crippen LogP contribution in [-0.4, -0.2) is 69.3 Å². The Balaban J connectivity index is 2.01. The zero-order valence-corrected chi connectivity index (χ0v) is 15.5. The Hall–Kier alpha value is -2.40. The first-order valence-corrected chi connectivity index (χ1v) is 8.63. The van der Waals surface area contributed by atoms with Gasteiger partial charge in [0, 0.05) is 6.42 Å². The highest BCUT2D eigenvalue weighted by Gasteiger charge is 2.48. The van der Waals surface area contributed by atoms with E-state index in [0.717, 1.165) is 10.9 Å². The fraction of sp³-hybridized carbons (Fsp3) is 0.600. The highest BCUT2D eigenvalue weighted by atomic mass is 35.5. The second-order valence-electron chi connectivity index (χ2n) is 6.24. The number of hydrogen-bond donors (Lipinski definition) is 2. The van der Waals surface area contributed by atoms with Crippen LogP contribution in [0.2, 0.25) is 0 Å². The van der Waals surface area contributed by atoms with E-state index in [1.807, 2.05) is 0 Å². The molecule has 0 bridgehead atoms. The third-order valence-corrected chi connectivity index (χ3v) is 4.22. The molecule has 0 saturated carbocycles. The van der Waals surface area contributed by atoms with Gasteiger partial charge in [0.2, 0.25) is 0 Å². The van der Waals surface area contributed by atoms with Crippen LogP contribution in [0.25, 0.3) is 0 Å². The maximum Gasteiger partial charge on any atom is 0.345 e. The summed E-state index contributed by atoms with van der Waals surface area (Å²) in [6.07, 6.45) is 0.211. The van der Waals surface area contributed by atoms with E-state index < -0.39 is 30.0 Å². The van der Waals surface area contributed by atoms with Crippen molar-refractivity contribution in [3.63, 3.8) is 0 Å². The van der Waals surface area contributed by atoms with Crippen molar-refractivity contribution in [3.05, 3.63) is 12.7 Å². The second kappa shape index (κ2) is 9.00. The van der Waals surface area contributed by atoms with E-state index >= 15 is 0 Å². The minimum absolute atomic E-state index is 0.118. The molecule has 3 atom stereocenters. The molecule has 1 aromatic heterocycles. The number of carbonyl (C=O) groups excluding carboxylic acids is 2. The monoisotopic (exact) mass is 402 g/mol. The van der Waals surface area contributed by atoms with Crippen LogP contribution >= 0.6 is 11.6 Å². The minimum atomic E-state index is -1.57. The molecule has 0 aromatic carbocycles. The number of aliphatic imine (C=N–C) groups is 1. The van der Waals surface area contributed by atoms with Crippen molar-refractivity contribution in [3.8, 4) is 0 Å². The van der Waals surface area contributed by atoms with Gasteiger partial charge < -0.3 is 20.2 Å². The van der Waals surface area contributed by atoms with Crippen molar-refractivity contribution in [2.75, 3.05) is 12.5 Å². The van der Waals surface area contributed by atoms with Gasteiger partial charge in [-0.1, -0.05) is 13.8 Å². The van der Waals surface area contributed by atoms with Crippen LogP contribution in [0.3, 0.4) is 0 Å². The van der Waals surface area contributed by atoms with Crippen LogP contribution in [-0.2, 0) is 14.3 Å². The Kier molecular flexibility index (Phi) is 6.97. The highest BCUT2D eigenvalue weighted by molar-refractivity contribution is 6.30. The number of amides is 2. The average molecular weight is 403 g/mol. The second-order valence-corrected chi connectivity index (χ2v) is 6.51. The average Bonchev–Trinajstić information content (AvgIpc) is 3.26. The molecule has 0 unspecified atom stereocenters. The molecule has 1 aliphatic heterocycles. The maximum atomic E-state index is 14.3. The number of nitrogens with zero attached hydrogens (tertiary/aromatic N) is 4. The van der Waals surface area contributed by atoms with Crippen molar-refractivity contribution in [2.24, 2.45) is 10.9 Å². The van der Waals surface area contributed by atoms with E-state index in [1.165, 1.54) is 12.7 Å². The third kappa shape index (κ3) is 5.30. The first kappa shape index (κ1) is 20.9. The van der Waals surface area contributed by atoms with Crippen molar-refractivity contribution in [2.45, 2.75) is 38.3 Å². The Morgan fingerprint density at radius 2 is 2.37 bits per heavy atom. The smallest absolute Gasteiger partial charge is 0.345 e. The van der Waals surface area contributed by atoms with Crippen LogP contribution in [0.15, 0.2) is 17.6 Å².